The zero-order valence-electron chi connectivity index (χ0n) is 15.1. The topological polar surface area (TPSA) is 64.7 Å². The number of nitro benzene ring substituents is 1. The van der Waals surface area contributed by atoms with Crippen molar-refractivity contribution in [1.29, 1.82) is 0 Å². The van der Waals surface area contributed by atoms with Crippen LogP contribution in [0.25, 0.3) is 0 Å². The van der Waals surface area contributed by atoms with Crippen LogP contribution in [0.15, 0.2) is 76.8 Å². The Morgan fingerprint density at radius 3 is 2.59 bits per heavy atom. The number of benzene rings is 3. The summed E-state index contributed by atoms with van der Waals surface area (Å²) in [7, 11) is 0. The van der Waals surface area contributed by atoms with Crippen molar-refractivity contribution in [3.63, 3.8) is 0 Å². The zero-order chi connectivity index (χ0) is 20.6. The van der Waals surface area contributed by atoms with Gasteiger partial charge in [0.1, 0.15) is 6.61 Å². The van der Waals surface area contributed by atoms with E-state index in [0.29, 0.717) is 26.3 Å². The van der Waals surface area contributed by atoms with E-state index >= 15 is 0 Å². The largest absolute Gasteiger partial charge is 0.391 e. The van der Waals surface area contributed by atoms with E-state index in [1.807, 2.05) is 30.3 Å². The molecule has 0 aliphatic rings. The molecule has 0 fully saturated rings. The molecule has 3 aromatic carbocycles. The fourth-order valence-electron chi connectivity index (χ4n) is 2.46. The minimum absolute atomic E-state index is 0.0376. The minimum atomic E-state index is -0.390. The molecule has 0 aliphatic heterocycles. The third-order valence-corrected chi connectivity index (χ3v) is 5.65. The lowest BCUT2D eigenvalue weighted by Crippen LogP contribution is -1.94. The van der Waals surface area contributed by atoms with Crippen LogP contribution in [0.4, 0.5) is 5.69 Å². The van der Waals surface area contributed by atoms with Crippen LogP contribution in [0, 0.1) is 10.1 Å². The Bertz CT molecular complexity index is 1030. The molecule has 0 saturated carbocycles. The molecule has 3 rings (SSSR count). The average molecular weight is 447 g/mol. The summed E-state index contributed by atoms with van der Waals surface area (Å²) in [5, 5.41) is 16.4. The fourth-order valence-corrected chi connectivity index (χ4v) is 3.88. The van der Waals surface area contributed by atoms with Crippen LogP contribution < -0.4 is 0 Å². The van der Waals surface area contributed by atoms with Crippen molar-refractivity contribution >= 4 is 46.9 Å². The molecule has 0 aromatic heterocycles. The molecule has 0 N–H and O–H groups in total. The van der Waals surface area contributed by atoms with E-state index in [1.165, 1.54) is 24.0 Å². The standard InChI is InChI=1S/C21H16Cl2N2O3S/c22-18-8-7-17(19(23)11-18)13-28-24-12-16-6-9-21(20(10-16)25(26)27)29-14-15-4-2-1-3-5-15/h1-12H,13-14H2/b24-12+. The molecule has 0 amide bonds. The van der Waals surface area contributed by atoms with Crippen LogP contribution in [0.5, 0.6) is 0 Å². The summed E-state index contributed by atoms with van der Waals surface area (Å²) in [6, 6.07) is 19.9. The third-order valence-electron chi connectivity index (χ3n) is 3.93. The highest BCUT2D eigenvalue weighted by Crippen LogP contribution is 2.32. The first kappa shape index (κ1) is 21.2. The van der Waals surface area contributed by atoms with Gasteiger partial charge in [0.15, 0.2) is 0 Å². The molecule has 0 radical (unpaired) electrons. The van der Waals surface area contributed by atoms with Crippen molar-refractivity contribution in [2.45, 2.75) is 17.3 Å². The Hall–Kier alpha value is -2.54. The van der Waals surface area contributed by atoms with Crippen LogP contribution in [0.2, 0.25) is 10.0 Å². The maximum Gasteiger partial charge on any atom is 0.283 e. The Balaban J connectivity index is 1.64. The van der Waals surface area contributed by atoms with Crippen molar-refractivity contribution < 1.29 is 9.76 Å². The number of rotatable bonds is 8. The zero-order valence-corrected chi connectivity index (χ0v) is 17.5. The number of nitrogens with zero attached hydrogens (tertiary/aromatic N) is 2. The van der Waals surface area contributed by atoms with E-state index in [-0.39, 0.29) is 17.2 Å². The highest BCUT2D eigenvalue weighted by atomic mass is 35.5. The average Bonchev–Trinajstić information content (AvgIpc) is 2.72. The lowest BCUT2D eigenvalue weighted by molar-refractivity contribution is -0.387. The van der Waals surface area contributed by atoms with Gasteiger partial charge in [-0.05, 0) is 23.8 Å². The smallest absolute Gasteiger partial charge is 0.283 e. The maximum absolute atomic E-state index is 11.5. The number of hydrogen-bond acceptors (Lipinski definition) is 5. The van der Waals surface area contributed by atoms with Crippen LogP contribution in [0.3, 0.4) is 0 Å². The Morgan fingerprint density at radius 2 is 1.86 bits per heavy atom. The van der Waals surface area contributed by atoms with Gasteiger partial charge in [0, 0.05) is 33.0 Å². The van der Waals surface area contributed by atoms with Gasteiger partial charge in [0.25, 0.3) is 5.69 Å². The summed E-state index contributed by atoms with van der Waals surface area (Å²) in [5.41, 5.74) is 2.46. The summed E-state index contributed by atoms with van der Waals surface area (Å²) < 4.78 is 0. The van der Waals surface area contributed by atoms with Gasteiger partial charge in [0.05, 0.1) is 16.0 Å². The normalized spacial score (nSPS) is 11.0. The molecule has 3 aromatic rings. The molecule has 0 aliphatic carbocycles. The summed E-state index contributed by atoms with van der Waals surface area (Å²) >= 11 is 13.4. The minimum Gasteiger partial charge on any atom is -0.391 e. The molecule has 0 spiro atoms. The van der Waals surface area contributed by atoms with Crippen LogP contribution in [-0.4, -0.2) is 11.1 Å². The van der Waals surface area contributed by atoms with Crippen LogP contribution >= 0.6 is 35.0 Å². The monoisotopic (exact) mass is 446 g/mol. The first-order chi connectivity index (χ1) is 14.0. The third kappa shape index (κ3) is 6.22. The van der Waals surface area contributed by atoms with E-state index in [0.717, 1.165) is 11.1 Å². The second kappa shape index (κ2) is 10.3. The number of thioether (sulfide) groups is 1. The molecule has 0 saturated heterocycles. The number of hydrogen-bond donors (Lipinski definition) is 0. The fraction of sp³-hybridized carbons (Fsp3) is 0.0952. The van der Waals surface area contributed by atoms with E-state index < -0.39 is 0 Å². The Labute approximate surface area is 182 Å². The molecule has 0 unspecified atom stereocenters. The molecule has 29 heavy (non-hydrogen) atoms. The first-order valence-corrected chi connectivity index (χ1v) is 10.3. The molecule has 0 heterocycles. The summed E-state index contributed by atoms with van der Waals surface area (Å²) in [6.45, 7) is 0.166. The first-order valence-electron chi connectivity index (χ1n) is 8.57. The summed E-state index contributed by atoms with van der Waals surface area (Å²) in [6.07, 6.45) is 1.43. The van der Waals surface area contributed by atoms with Gasteiger partial charge in [0.2, 0.25) is 0 Å². The van der Waals surface area contributed by atoms with E-state index in [1.54, 1.807) is 30.3 Å². The molecule has 5 nitrogen and oxygen atoms in total. The van der Waals surface area contributed by atoms with Gasteiger partial charge in [-0.2, -0.15) is 0 Å². The van der Waals surface area contributed by atoms with Gasteiger partial charge in [-0.15, -0.1) is 11.8 Å². The molecule has 8 heteroatoms. The SMILES string of the molecule is O=[N+]([O-])c1cc(/C=N/OCc2ccc(Cl)cc2Cl)ccc1SCc1ccccc1. The van der Waals surface area contributed by atoms with E-state index in [2.05, 4.69) is 5.16 Å². The number of nitro groups is 1. The van der Waals surface area contributed by atoms with Gasteiger partial charge >= 0.3 is 0 Å². The van der Waals surface area contributed by atoms with Gasteiger partial charge < -0.3 is 4.84 Å². The second-order valence-corrected chi connectivity index (χ2v) is 7.86. The summed E-state index contributed by atoms with van der Waals surface area (Å²) in [4.78, 5) is 16.9. The highest BCUT2D eigenvalue weighted by Gasteiger charge is 2.15. The molecule has 0 atom stereocenters. The molecule has 0 bridgehead atoms. The van der Waals surface area contributed by atoms with Crippen molar-refractivity contribution in [1.82, 2.24) is 0 Å². The predicted molar refractivity (Wildman–Crippen MR) is 118 cm³/mol. The van der Waals surface area contributed by atoms with Crippen LogP contribution in [0.1, 0.15) is 16.7 Å². The highest BCUT2D eigenvalue weighted by molar-refractivity contribution is 7.98. The molecular weight excluding hydrogens is 431 g/mol. The number of halogens is 2. The Morgan fingerprint density at radius 1 is 1.07 bits per heavy atom. The maximum atomic E-state index is 11.5. The van der Waals surface area contributed by atoms with E-state index in [9.17, 15) is 10.1 Å². The lowest BCUT2D eigenvalue weighted by atomic mass is 10.2. The predicted octanol–water partition coefficient (Wildman–Crippen LogP) is 6.74. The van der Waals surface area contributed by atoms with Gasteiger partial charge in [-0.3, -0.25) is 10.1 Å². The van der Waals surface area contributed by atoms with Crippen molar-refractivity contribution in [3.05, 3.63) is 104 Å². The lowest BCUT2D eigenvalue weighted by Gasteiger charge is -2.05. The quantitative estimate of drug-likeness (QED) is 0.166. The molecule has 148 valence electrons. The second-order valence-electron chi connectivity index (χ2n) is 6.00. The van der Waals surface area contributed by atoms with Crippen molar-refractivity contribution in [3.8, 4) is 0 Å². The van der Waals surface area contributed by atoms with Gasteiger partial charge in [-0.25, -0.2) is 0 Å². The van der Waals surface area contributed by atoms with Gasteiger partial charge in [-0.1, -0.05) is 70.8 Å². The molecular formula is C21H16Cl2N2O3S. The van der Waals surface area contributed by atoms with E-state index in [4.69, 9.17) is 28.0 Å². The summed E-state index contributed by atoms with van der Waals surface area (Å²) in [5.74, 6) is 0.653. The van der Waals surface area contributed by atoms with Crippen LogP contribution in [-0.2, 0) is 17.2 Å². The number of oxime groups is 1. The Kier molecular flexibility index (Phi) is 7.52. The van der Waals surface area contributed by atoms with Crippen molar-refractivity contribution in [2.24, 2.45) is 5.16 Å². The van der Waals surface area contributed by atoms with Crippen molar-refractivity contribution in [2.75, 3.05) is 0 Å².